The summed E-state index contributed by atoms with van der Waals surface area (Å²) in [4.78, 5) is 0. The molecule has 0 aromatic carbocycles. The lowest BCUT2D eigenvalue weighted by Crippen LogP contribution is -2.05. The highest BCUT2D eigenvalue weighted by molar-refractivity contribution is 5.50. The van der Waals surface area contributed by atoms with E-state index in [1.54, 1.807) is 0 Å². The van der Waals surface area contributed by atoms with Gasteiger partial charge in [0.1, 0.15) is 0 Å². The molecule has 0 fully saturated rings. The van der Waals surface area contributed by atoms with E-state index in [-0.39, 0.29) is 0 Å². The predicted octanol–water partition coefficient (Wildman–Crippen LogP) is 4.57. The molecular formula is C15H20. The fraction of sp³-hybridized carbons (Fsp3) is 0.467. The van der Waals surface area contributed by atoms with Crippen molar-refractivity contribution in [1.29, 1.82) is 0 Å². The Kier molecular flexibility index (Phi) is 2.68. The molecule has 0 aliphatic heterocycles. The molecule has 0 heterocycles. The van der Waals surface area contributed by atoms with Crippen molar-refractivity contribution < 1.29 is 0 Å². The summed E-state index contributed by atoms with van der Waals surface area (Å²) in [6.07, 6.45) is 9.47. The standard InChI is InChI=1S/C15H20/c1-10-5-11(2)9-15-13(4)6-12(3)8-14(15)7-10/h7-9,13H,5-6H2,1-4H3. The Labute approximate surface area is 93.1 Å². The molecule has 80 valence electrons. The van der Waals surface area contributed by atoms with Crippen LogP contribution in [-0.4, -0.2) is 0 Å². The maximum absolute atomic E-state index is 2.40. The van der Waals surface area contributed by atoms with Gasteiger partial charge in [0.25, 0.3) is 0 Å². The third-order valence-electron chi connectivity index (χ3n) is 3.26. The number of hydrogen-bond acceptors (Lipinski definition) is 0. The Balaban J connectivity index is 2.53. The molecule has 0 spiro atoms. The fourth-order valence-corrected chi connectivity index (χ4v) is 2.71. The summed E-state index contributed by atoms with van der Waals surface area (Å²) >= 11 is 0. The first-order valence-corrected chi connectivity index (χ1v) is 5.82. The Morgan fingerprint density at radius 1 is 0.933 bits per heavy atom. The average Bonchev–Trinajstić information content (AvgIpc) is 2.22. The molecule has 2 aliphatic rings. The Morgan fingerprint density at radius 3 is 2.27 bits per heavy atom. The molecule has 2 aliphatic carbocycles. The van der Waals surface area contributed by atoms with Crippen LogP contribution in [0, 0.1) is 5.92 Å². The first-order valence-electron chi connectivity index (χ1n) is 5.82. The molecule has 0 aromatic heterocycles. The van der Waals surface area contributed by atoms with E-state index in [0.29, 0.717) is 5.92 Å². The van der Waals surface area contributed by atoms with Crippen LogP contribution < -0.4 is 0 Å². The van der Waals surface area contributed by atoms with Crippen LogP contribution in [0.2, 0.25) is 0 Å². The SMILES string of the molecule is CC1=CC2=C(C=C(C)C1)C(C)CC(C)=C2. The Bertz CT molecular complexity index is 400. The minimum absolute atomic E-state index is 0.682. The second-order valence-electron chi connectivity index (χ2n) is 5.16. The van der Waals surface area contributed by atoms with Gasteiger partial charge in [0.2, 0.25) is 0 Å². The molecule has 0 saturated heterocycles. The monoisotopic (exact) mass is 200 g/mol. The largest absolute Gasteiger partial charge is 0.0721 e. The molecule has 15 heavy (non-hydrogen) atoms. The first-order chi connectivity index (χ1) is 7.06. The van der Waals surface area contributed by atoms with Crippen molar-refractivity contribution in [3.05, 3.63) is 46.1 Å². The second kappa shape index (κ2) is 3.84. The quantitative estimate of drug-likeness (QED) is 0.537. The van der Waals surface area contributed by atoms with Crippen molar-refractivity contribution in [2.24, 2.45) is 5.92 Å². The van der Waals surface area contributed by atoms with Gasteiger partial charge in [0, 0.05) is 0 Å². The third-order valence-corrected chi connectivity index (χ3v) is 3.26. The molecule has 1 unspecified atom stereocenters. The minimum Gasteiger partial charge on any atom is -0.0721 e. The van der Waals surface area contributed by atoms with Crippen LogP contribution >= 0.6 is 0 Å². The average molecular weight is 200 g/mol. The maximum atomic E-state index is 2.40. The van der Waals surface area contributed by atoms with Gasteiger partial charge in [0.15, 0.2) is 0 Å². The topological polar surface area (TPSA) is 0 Å². The molecule has 0 N–H and O–H groups in total. The van der Waals surface area contributed by atoms with Crippen molar-refractivity contribution >= 4 is 0 Å². The minimum atomic E-state index is 0.682. The van der Waals surface area contributed by atoms with Crippen LogP contribution in [0.4, 0.5) is 0 Å². The smallest absolute Gasteiger partial charge is 0.0107 e. The first kappa shape index (κ1) is 10.5. The molecule has 0 bridgehead atoms. The van der Waals surface area contributed by atoms with Crippen LogP contribution in [-0.2, 0) is 0 Å². The Morgan fingerprint density at radius 2 is 1.53 bits per heavy atom. The van der Waals surface area contributed by atoms with Crippen molar-refractivity contribution in [3.8, 4) is 0 Å². The van der Waals surface area contributed by atoms with Crippen molar-refractivity contribution in [2.45, 2.75) is 40.5 Å². The normalized spacial score (nSPS) is 26.4. The molecule has 0 amide bonds. The van der Waals surface area contributed by atoms with E-state index in [9.17, 15) is 0 Å². The summed E-state index contributed by atoms with van der Waals surface area (Å²) in [5.74, 6) is 0.682. The lowest BCUT2D eigenvalue weighted by molar-refractivity contribution is 0.672. The summed E-state index contributed by atoms with van der Waals surface area (Å²) in [5.41, 5.74) is 7.47. The summed E-state index contributed by atoms with van der Waals surface area (Å²) < 4.78 is 0. The summed E-state index contributed by atoms with van der Waals surface area (Å²) in [6.45, 7) is 9.05. The van der Waals surface area contributed by atoms with Gasteiger partial charge in [-0.05, 0) is 50.7 Å². The second-order valence-corrected chi connectivity index (χ2v) is 5.16. The van der Waals surface area contributed by atoms with E-state index < -0.39 is 0 Å². The highest BCUT2D eigenvalue weighted by Crippen LogP contribution is 2.34. The van der Waals surface area contributed by atoms with E-state index in [1.807, 2.05) is 0 Å². The van der Waals surface area contributed by atoms with Gasteiger partial charge in [-0.15, -0.1) is 0 Å². The van der Waals surface area contributed by atoms with E-state index >= 15 is 0 Å². The fourth-order valence-electron chi connectivity index (χ4n) is 2.71. The molecule has 0 aromatic rings. The van der Waals surface area contributed by atoms with Gasteiger partial charge >= 0.3 is 0 Å². The van der Waals surface area contributed by atoms with E-state index in [2.05, 4.69) is 45.9 Å². The lowest BCUT2D eigenvalue weighted by atomic mass is 9.84. The molecule has 0 nitrogen and oxygen atoms in total. The zero-order valence-electron chi connectivity index (χ0n) is 10.2. The van der Waals surface area contributed by atoms with Gasteiger partial charge in [-0.2, -0.15) is 0 Å². The van der Waals surface area contributed by atoms with Gasteiger partial charge < -0.3 is 0 Å². The summed E-state index contributed by atoms with van der Waals surface area (Å²) in [7, 11) is 0. The van der Waals surface area contributed by atoms with Crippen molar-refractivity contribution in [1.82, 2.24) is 0 Å². The number of allylic oxidation sites excluding steroid dienone is 8. The highest BCUT2D eigenvalue weighted by Gasteiger charge is 2.17. The Hall–Kier alpha value is -1.04. The molecule has 1 atom stereocenters. The molecule has 0 saturated carbocycles. The zero-order valence-corrected chi connectivity index (χ0v) is 10.2. The van der Waals surface area contributed by atoms with Gasteiger partial charge in [-0.25, -0.2) is 0 Å². The number of rotatable bonds is 0. The predicted molar refractivity (Wildman–Crippen MR) is 66.7 cm³/mol. The van der Waals surface area contributed by atoms with Crippen molar-refractivity contribution in [2.75, 3.05) is 0 Å². The van der Waals surface area contributed by atoms with Crippen LogP contribution in [0.15, 0.2) is 46.1 Å². The van der Waals surface area contributed by atoms with E-state index in [0.717, 1.165) is 6.42 Å². The van der Waals surface area contributed by atoms with Crippen molar-refractivity contribution in [3.63, 3.8) is 0 Å². The number of hydrogen-bond donors (Lipinski definition) is 0. The van der Waals surface area contributed by atoms with E-state index in [4.69, 9.17) is 0 Å². The summed E-state index contributed by atoms with van der Waals surface area (Å²) in [5, 5.41) is 0. The van der Waals surface area contributed by atoms with E-state index in [1.165, 1.54) is 34.3 Å². The zero-order chi connectivity index (χ0) is 11.0. The maximum Gasteiger partial charge on any atom is -0.0107 e. The van der Waals surface area contributed by atoms with Gasteiger partial charge in [0.05, 0.1) is 0 Å². The van der Waals surface area contributed by atoms with Crippen LogP contribution in [0.25, 0.3) is 0 Å². The third kappa shape index (κ3) is 2.14. The molecule has 0 radical (unpaired) electrons. The molecule has 2 rings (SSSR count). The molecule has 0 heteroatoms. The van der Waals surface area contributed by atoms with Crippen LogP contribution in [0.5, 0.6) is 0 Å². The van der Waals surface area contributed by atoms with Crippen LogP contribution in [0.3, 0.4) is 0 Å². The lowest BCUT2D eigenvalue weighted by Gasteiger charge is -2.21. The highest BCUT2D eigenvalue weighted by atomic mass is 14.2. The summed E-state index contributed by atoms with van der Waals surface area (Å²) in [6, 6.07) is 0. The molecular weight excluding hydrogens is 180 g/mol. The van der Waals surface area contributed by atoms with Gasteiger partial charge in [-0.3, -0.25) is 0 Å². The van der Waals surface area contributed by atoms with Crippen LogP contribution in [0.1, 0.15) is 40.5 Å². The van der Waals surface area contributed by atoms with Gasteiger partial charge in [-0.1, -0.05) is 41.9 Å².